The average molecular weight is 583 g/mol. The predicted molar refractivity (Wildman–Crippen MR) is 130 cm³/mol. The summed E-state index contributed by atoms with van der Waals surface area (Å²) in [6, 6.07) is 14.2. The Labute approximate surface area is 227 Å². The number of hydrogen-bond acceptors (Lipinski definition) is 5. The standard InChI is InChI=1S/C27H20F7N3O4/c28-20-13-17(40-12-4-11-26(29,30)31)10-9-16(20)15-41-22-7-2-1-5-18(22)21-6-3-8-23(36-21)37-24(27(32,33)34)19(14-35-37)25(38)39/h1-3,5-10,13-14H,4,11-12,15H2,(H,38,39). The molecule has 0 unspecified atom stereocenters. The van der Waals surface area contributed by atoms with Crippen LogP contribution >= 0.6 is 0 Å². The summed E-state index contributed by atoms with van der Waals surface area (Å²) in [7, 11) is 0. The first-order chi connectivity index (χ1) is 19.3. The molecule has 2 aromatic heterocycles. The van der Waals surface area contributed by atoms with Gasteiger partial charge in [-0.15, -0.1) is 0 Å². The molecule has 0 spiro atoms. The summed E-state index contributed by atoms with van der Waals surface area (Å²) in [4.78, 5) is 15.5. The van der Waals surface area contributed by atoms with Gasteiger partial charge in [-0.1, -0.05) is 18.2 Å². The normalized spacial score (nSPS) is 11.9. The van der Waals surface area contributed by atoms with E-state index in [2.05, 4.69) is 10.1 Å². The van der Waals surface area contributed by atoms with Gasteiger partial charge in [0.05, 0.1) is 18.5 Å². The zero-order chi connectivity index (χ0) is 29.8. The second kappa shape index (κ2) is 11.9. The number of aromatic carboxylic acids is 1. The molecular formula is C27H20F7N3O4. The van der Waals surface area contributed by atoms with Crippen LogP contribution in [0.2, 0.25) is 0 Å². The summed E-state index contributed by atoms with van der Waals surface area (Å²) in [5.41, 5.74) is -1.91. The van der Waals surface area contributed by atoms with Crippen molar-refractivity contribution >= 4 is 5.97 Å². The van der Waals surface area contributed by atoms with Gasteiger partial charge in [-0.3, -0.25) is 0 Å². The molecule has 0 saturated carbocycles. The Kier molecular flexibility index (Phi) is 8.49. The molecule has 2 heterocycles. The van der Waals surface area contributed by atoms with Crippen LogP contribution in [-0.2, 0) is 12.8 Å². The van der Waals surface area contributed by atoms with Gasteiger partial charge in [-0.05, 0) is 42.8 Å². The van der Waals surface area contributed by atoms with E-state index in [1.165, 1.54) is 36.4 Å². The van der Waals surface area contributed by atoms with Crippen LogP contribution in [0.1, 0.15) is 34.5 Å². The van der Waals surface area contributed by atoms with Crippen molar-refractivity contribution in [2.24, 2.45) is 0 Å². The molecule has 0 aliphatic rings. The molecule has 0 aliphatic carbocycles. The highest BCUT2D eigenvalue weighted by molar-refractivity contribution is 5.89. The number of carbonyl (C=O) groups is 1. The molecule has 14 heteroatoms. The highest BCUT2D eigenvalue weighted by Gasteiger charge is 2.41. The molecule has 0 fully saturated rings. The second-order valence-electron chi connectivity index (χ2n) is 8.61. The summed E-state index contributed by atoms with van der Waals surface area (Å²) in [6.45, 7) is -0.509. The smallest absolute Gasteiger partial charge is 0.434 e. The first kappa shape index (κ1) is 29.4. The molecule has 0 radical (unpaired) electrons. The van der Waals surface area contributed by atoms with Gasteiger partial charge in [0.1, 0.15) is 29.5 Å². The maximum atomic E-state index is 14.6. The number of aromatic nitrogens is 3. The molecule has 216 valence electrons. The van der Waals surface area contributed by atoms with E-state index in [0.29, 0.717) is 16.4 Å². The van der Waals surface area contributed by atoms with E-state index in [9.17, 15) is 35.5 Å². The van der Waals surface area contributed by atoms with E-state index in [0.717, 1.165) is 6.07 Å². The van der Waals surface area contributed by atoms with Crippen molar-refractivity contribution in [2.75, 3.05) is 6.61 Å². The fourth-order valence-electron chi connectivity index (χ4n) is 3.80. The predicted octanol–water partition coefficient (Wildman–Crippen LogP) is 7.09. The topological polar surface area (TPSA) is 86.5 Å². The highest BCUT2D eigenvalue weighted by Crippen LogP contribution is 2.35. The summed E-state index contributed by atoms with van der Waals surface area (Å²) in [6.07, 6.45) is -10.0. The lowest BCUT2D eigenvalue weighted by Gasteiger charge is -2.14. The lowest BCUT2D eigenvalue weighted by atomic mass is 10.1. The number of carboxylic acids is 1. The number of nitrogens with zero attached hydrogens (tertiary/aromatic N) is 3. The molecule has 0 atom stereocenters. The molecule has 4 aromatic rings. The highest BCUT2D eigenvalue weighted by atomic mass is 19.4. The molecule has 2 aromatic carbocycles. The van der Waals surface area contributed by atoms with Crippen LogP contribution in [0.25, 0.3) is 17.1 Å². The first-order valence-corrected chi connectivity index (χ1v) is 11.9. The monoisotopic (exact) mass is 583 g/mol. The molecule has 1 N–H and O–H groups in total. The van der Waals surface area contributed by atoms with Crippen molar-refractivity contribution in [1.82, 2.24) is 14.8 Å². The number of halogens is 7. The quantitative estimate of drug-likeness (QED) is 0.159. The van der Waals surface area contributed by atoms with Crippen LogP contribution in [0.4, 0.5) is 30.7 Å². The number of rotatable bonds is 10. The fourth-order valence-corrected chi connectivity index (χ4v) is 3.80. The fraction of sp³-hybridized carbons (Fsp3) is 0.222. The summed E-state index contributed by atoms with van der Waals surface area (Å²) in [5, 5.41) is 12.7. The van der Waals surface area contributed by atoms with Gasteiger partial charge in [-0.2, -0.15) is 31.4 Å². The van der Waals surface area contributed by atoms with E-state index < -0.39 is 41.8 Å². The Bertz CT molecular complexity index is 1530. The molecule has 0 amide bonds. The van der Waals surface area contributed by atoms with Crippen LogP contribution < -0.4 is 9.47 Å². The zero-order valence-corrected chi connectivity index (χ0v) is 20.8. The van der Waals surface area contributed by atoms with Gasteiger partial charge in [0, 0.05) is 23.6 Å². The third-order valence-electron chi connectivity index (χ3n) is 5.66. The van der Waals surface area contributed by atoms with Crippen molar-refractivity contribution in [3.63, 3.8) is 0 Å². The number of carboxylic acid groups (broad SMARTS) is 1. The number of alkyl halides is 6. The maximum absolute atomic E-state index is 14.6. The van der Waals surface area contributed by atoms with Gasteiger partial charge in [0.15, 0.2) is 11.5 Å². The van der Waals surface area contributed by atoms with Crippen LogP contribution in [0.5, 0.6) is 11.5 Å². The maximum Gasteiger partial charge on any atom is 0.434 e. The second-order valence-corrected chi connectivity index (χ2v) is 8.61. The van der Waals surface area contributed by atoms with E-state index in [1.807, 2.05) is 0 Å². The minimum Gasteiger partial charge on any atom is -0.493 e. The van der Waals surface area contributed by atoms with E-state index >= 15 is 0 Å². The summed E-state index contributed by atoms with van der Waals surface area (Å²) < 4.78 is 104. The van der Waals surface area contributed by atoms with Gasteiger partial charge in [0.25, 0.3) is 0 Å². The van der Waals surface area contributed by atoms with Gasteiger partial charge in [0.2, 0.25) is 0 Å². The van der Waals surface area contributed by atoms with Crippen molar-refractivity contribution in [1.29, 1.82) is 0 Å². The Morgan fingerprint density at radius 3 is 2.39 bits per heavy atom. The van der Waals surface area contributed by atoms with Crippen molar-refractivity contribution in [3.8, 4) is 28.6 Å². The van der Waals surface area contributed by atoms with Crippen LogP contribution in [-0.4, -0.2) is 38.6 Å². The SMILES string of the molecule is O=C(O)c1cnn(-c2cccc(-c3ccccc3OCc3ccc(OCCCC(F)(F)F)cc3F)n2)c1C(F)(F)F. The Morgan fingerprint density at radius 2 is 1.71 bits per heavy atom. The molecule has 7 nitrogen and oxygen atoms in total. The molecule has 41 heavy (non-hydrogen) atoms. The van der Waals surface area contributed by atoms with Crippen LogP contribution in [0.15, 0.2) is 66.9 Å². The number of ether oxygens (including phenoxy) is 2. The van der Waals surface area contributed by atoms with E-state index in [-0.39, 0.29) is 48.2 Å². The van der Waals surface area contributed by atoms with Gasteiger partial charge >= 0.3 is 18.3 Å². The molecule has 0 saturated heterocycles. The molecule has 0 bridgehead atoms. The number of para-hydroxylation sites is 1. The average Bonchev–Trinajstić information content (AvgIpc) is 3.37. The third kappa shape index (κ3) is 7.32. The van der Waals surface area contributed by atoms with Crippen molar-refractivity contribution < 1.29 is 50.1 Å². The van der Waals surface area contributed by atoms with Crippen molar-refractivity contribution in [3.05, 3.63) is 89.5 Å². The lowest BCUT2D eigenvalue weighted by molar-refractivity contribution is -0.143. The van der Waals surface area contributed by atoms with E-state index in [4.69, 9.17) is 14.6 Å². The van der Waals surface area contributed by atoms with Crippen LogP contribution in [0, 0.1) is 5.82 Å². The van der Waals surface area contributed by atoms with Crippen LogP contribution in [0.3, 0.4) is 0 Å². The largest absolute Gasteiger partial charge is 0.493 e. The lowest BCUT2D eigenvalue weighted by Crippen LogP contribution is -2.18. The zero-order valence-electron chi connectivity index (χ0n) is 20.8. The Balaban J connectivity index is 1.52. The summed E-state index contributed by atoms with van der Waals surface area (Å²) >= 11 is 0. The minimum atomic E-state index is -5.03. The molecular weight excluding hydrogens is 563 g/mol. The van der Waals surface area contributed by atoms with Gasteiger partial charge < -0.3 is 14.6 Å². The summed E-state index contributed by atoms with van der Waals surface area (Å²) in [5.74, 6) is -2.55. The van der Waals surface area contributed by atoms with Crippen molar-refractivity contribution in [2.45, 2.75) is 31.8 Å². The Hall–Kier alpha value is -4.62. The number of pyridine rings is 1. The minimum absolute atomic E-state index is 0.0535. The molecule has 0 aliphatic heterocycles. The van der Waals surface area contributed by atoms with E-state index in [1.54, 1.807) is 18.2 Å². The first-order valence-electron chi connectivity index (χ1n) is 11.9. The Morgan fingerprint density at radius 1 is 0.951 bits per heavy atom. The number of benzene rings is 2. The third-order valence-corrected chi connectivity index (χ3v) is 5.66. The number of hydrogen-bond donors (Lipinski definition) is 1. The molecule has 4 rings (SSSR count). The van der Waals surface area contributed by atoms with Gasteiger partial charge in [-0.25, -0.2) is 18.9 Å².